The van der Waals surface area contributed by atoms with E-state index in [-0.39, 0.29) is 12.1 Å². The molecule has 0 spiro atoms. The Balaban J connectivity index is 2.48. The minimum Gasteiger partial charge on any atom is -0.459 e. The maximum atomic E-state index is 12.4. The summed E-state index contributed by atoms with van der Waals surface area (Å²) in [5.41, 5.74) is 9.72. The van der Waals surface area contributed by atoms with Crippen LogP contribution in [0.3, 0.4) is 0 Å². The van der Waals surface area contributed by atoms with Gasteiger partial charge in [0.1, 0.15) is 10.6 Å². The second-order valence-electron chi connectivity index (χ2n) is 6.00. The van der Waals surface area contributed by atoms with E-state index in [4.69, 9.17) is 10.5 Å². The summed E-state index contributed by atoms with van der Waals surface area (Å²) in [6.45, 7) is 9.98. The number of esters is 1. The molecule has 0 bridgehead atoms. The van der Waals surface area contributed by atoms with Gasteiger partial charge in [-0.15, -0.1) is 11.3 Å². The number of ether oxygens (including phenoxy) is 1. The second kappa shape index (κ2) is 6.53. The minimum atomic E-state index is -0.347. The molecule has 3 nitrogen and oxygen atoms in total. The van der Waals surface area contributed by atoms with Crippen LogP contribution < -0.4 is 5.73 Å². The van der Waals surface area contributed by atoms with Crippen LogP contribution in [0.4, 0.5) is 5.00 Å². The molecule has 1 aromatic carbocycles. The zero-order valence-corrected chi connectivity index (χ0v) is 14.6. The summed E-state index contributed by atoms with van der Waals surface area (Å²) in [6, 6.07) is 8.31. The van der Waals surface area contributed by atoms with Gasteiger partial charge >= 0.3 is 5.97 Å². The fraction of sp³-hybridized carbons (Fsp3) is 0.389. The van der Waals surface area contributed by atoms with Gasteiger partial charge in [-0.05, 0) is 37.8 Å². The molecule has 1 heterocycles. The van der Waals surface area contributed by atoms with Gasteiger partial charge in [0.25, 0.3) is 0 Å². The molecule has 0 aliphatic rings. The Kier molecular flexibility index (Phi) is 4.91. The molecule has 0 aliphatic carbocycles. The Morgan fingerprint density at radius 1 is 1.14 bits per heavy atom. The number of rotatable bonds is 4. The standard InChI is InChI=1S/C18H23NO2S/c1-10(2)13-6-8-14(9-7-13)15-12(5)22-17(19)16(15)18(20)21-11(3)4/h6-11H,19H2,1-5H3. The van der Waals surface area contributed by atoms with Crippen molar-refractivity contribution in [2.75, 3.05) is 5.73 Å². The van der Waals surface area contributed by atoms with Crippen LogP contribution in [-0.4, -0.2) is 12.1 Å². The first kappa shape index (κ1) is 16.6. The van der Waals surface area contributed by atoms with Crippen LogP contribution in [0.1, 0.15) is 54.4 Å². The maximum absolute atomic E-state index is 12.4. The van der Waals surface area contributed by atoms with Crippen molar-refractivity contribution < 1.29 is 9.53 Å². The van der Waals surface area contributed by atoms with E-state index in [2.05, 4.69) is 38.1 Å². The first-order chi connectivity index (χ1) is 10.3. The van der Waals surface area contributed by atoms with E-state index in [1.165, 1.54) is 16.9 Å². The Morgan fingerprint density at radius 3 is 2.23 bits per heavy atom. The van der Waals surface area contributed by atoms with Crippen LogP contribution >= 0.6 is 11.3 Å². The fourth-order valence-corrected chi connectivity index (χ4v) is 3.36. The first-order valence-electron chi connectivity index (χ1n) is 7.51. The third-order valence-corrected chi connectivity index (χ3v) is 4.46. The molecule has 2 rings (SSSR count). The van der Waals surface area contributed by atoms with Gasteiger partial charge in [-0.2, -0.15) is 0 Å². The van der Waals surface area contributed by atoms with E-state index in [1.807, 2.05) is 20.8 Å². The van der Waals surface area contributed by atoms with Crippen molar-refractivity contribution in [3.05, 3.63) is 40.3 Å². The maximum Gasteiger partial charge on any atom is 0.342 e. The Labute approximate surface area is 136 Å². The highest BCUT2D eigenvalue weighted by Gasteiger charge is 2.23. The number of hydrogen-bond acceptors (Lipinski definition) is 4. The van der Waals surface area contributed by atoms with E-state index in [0.29, 0.717) is 16.5 Å². The van der Waals surface area contributed by atoms with Gasteiger partial charge in [-0.25, -0.2) is 4.79 Å². The fourth-order valence-electron chi connectivity index (χ4n) is 2.42. The van der Waals surface area contributed by atoms with Crippen LogP contribution in [0.25, 0.3) is 11.1 Å². The Bertz CT molecular complexity index is 669. The number of nitrogens with two attached hydrogens (primary N) is 1. The van der Waals surface area contributed by atoms with Crippen LogP contribution in [0.2, 0.25) is 0 Å². The minimum absolute atomic E-state index is 0.164. The van der Waals surface area contributed by atoms with Crippen molar-refractivity contribution in [1.82, 2.24) is 0 Å². The summed E-state index contributed by atoms with van der Waals surface area (Å²) < 4.78 is 5.34. The summed E-state index contributed by atoms with van der Waals surface area (Å²) >= 11 is 1.43. The number of nitrogen functional groups attached to an aromatic ring is 1. The van der Waals surface area contributed by atoms with E-state index >= 15 is 0 Å². The zero-order valence-electron chi connectivity index (χ0n) is 13.8. The molecule has 0 saturated carbocycles. The van der Waals surface area contributed by atoms with Gasteiger partial charge in [0.05, 0.1) is 6.10 Å². The van der Waals surface area contributed by atoms with Crippen LogP contribution in [-0.2, 0) is 4.74 Å². The van der Waals surface area contributed by atoms with Crippen LogP contribution in [0, 0.1) is 6.92 Å². The summed E-state index contributed by atoms with van der Waals surface area (Å²) in [5.74, 6) is 0.132. The quantitative estimate of drug-likeness (QED) is 0.808. The monoisotopic (exact) mass is 317 g/mol. The molecule has 0 fully saturated rings. The van der Waals surface area contributed by atoms with Crippen molar-refractivity contribution in [2.24, 2.45) is 0 Å². The molecule has 0 radical (unpaired) electrons. The van der Waals surface area contributed by atoms with E-state index in [1.54, 1.807) is 0 Å². The molecule has 118 valence electrons. The number of carbonyl (C=O) groups excluding carboxylic acids is 1. The number of hydrogen-bond donors (Lipinski definition) is 1. The number of aryl methyl sites for hydroxylation is 1. The van der Waals surface area contributed by atoms with Gasteiger partial charge in [0, 0.05) is 10.4 Å². The largest absolute Gasteiger partial charge is 0.459 e. The molecule has 0 aliphatic heterocycles. The van der Waals surface area contributed by atoms with Gasteiger partial charge in [0.2, 0.25) is 0 Å². The predicted molar refractivity (Wildman–Crippen MR) is 93.5 cm³/mol. The molecule has 22 heavy (non-hydrogen) atoms. The third-order valence-electron chi connectivity index (χ3n) is 3.52. The van der Waals surface area contributed by atoms with E-state index < -0.39 is 0 Å². The smallest absolute Gasteiger partial charge is 0.342 e. The number of anilines is 1. The van der Waals surface area contributed by atoms with Gasteiger partial charge < -0.3 is 10.5 Å². The zero-order chi connectivity index (χ0) is 16.4. The Hall–Kier alpha value is -1.81. The van der Waals surface area contributed by atoms with Crippen molar-refractivity contribution in [2.45, 2.75) is 46.6 Å². The summed E-state index contributed by atoms with van der Waals surface area (Å²) in [6.07, 6.45) is -0.164. The SMILES string of the molecule is Cc1sc(N)c(C(=O)OC(C)C)c1-c1ccc(C(C)C)cc1. The van der Waals surface area contributed by atoms with Crippen molar-refractivity contribution in [3.8, 4) is 11.1 Å². The van der Waals surface area contributed by atoms with Gasteiger partial charge in [-0.1, -0.05) is 38.1 Å². The van der Waals surface area contributed by atoms with Gasteiger partial charge in [0.15, 0.2) is 0 Å². The van der Waals surface area contributed by atoms with Crippen molar-refractivity contribution >= 4 is 22.3 Å². The highest BCUT2D eigenvalue weighted by Crippen LogP contribution is 2.39. The molecular weight excluding hydrogens is 294 g/mol. The van der Waals surface area contributed by atoms with E-state index in [9.17, 15) is 4.79 Å². The van der Waals surface area contributed by atoms with Crippen LogP contribution in [0.15, 0.2) is 24.3 Å². The average molecular weight is 317 g/mol. The third kappa shape index (κ3) is 3.33. The summed E-state index contributed by atoms with van der Waals surface area (Å²) in [4.78, 5) is 13.4. The first-order valence-corrected chi connectivity index (χ1v) is 8.33. The molecule has 0 unspecified atom stereocenters. The molecule has 2 aromatic rings. The molecule has 2 N–H and O–H groups in total. The molecule has 1 aromatic heterocycles. The number of thiophene rings is 1. The molecule has 0 saturated heterocycles. The predicted octanol–water partition coefficient (Wildman–Crippen LogP) is 4.99. The normalized spacial score (nSPS) is 11.2. The highest BCUT2D eigenvalue weighted by molar-refractivity contribution is 7.16. The summed E-state index contributed by atoms with van der Waals surface area (Å²) in [5, 5.41) is 0.520. The molecular formula is C18H23NO2S. The van der Waals surface area contributed by atoms with Crippen LogP contribution in [0.5, 0.6) is 0 Å². The van der Waals surface area contributed by atoms with Gasteiger partial charge in [-0.3, -0.25) is 0 Å². The number of carbonyl (C=O) groups is 1. The highest BCUT2D eigenvalue weighted by atomic mass is 32.1. The van der Waals surface area contributed by atoms with E-state index in [0.717, 1.165) is 16.0 Å². The molecule has 0 atom stereocenters. The lowest BCUT2D eigenvalue weighted by Crippen LogP contribution is -2.13. The lowest BCUT2D eigenvalue weighted by molar-refractivity contribution is 0.0380. The average Bonchev–Trinajstić information content (AvgIpc) is 2.72. The lowest BCUT2D eigenvalue weighted by Gasteiger charge is -2.11. The lowest BCUT2D eigenvalue weighted by atomic mass is 9.97. The van der Waals surface area contributed by atoms with Crippen molar-refractivity contribution in [1.29, 1.82) is 0 Å². The molecule has 4 heteroatoms. The Morgan fingerprint density at radius 2 is 1.73 bits per heavy atom. The second-order valence-corrected chi connectivity index (χ2v) is 7.26. The number of benzene rings is 1. The van der Waals surface area contributed by atoms with Crippen molar-refractivity contribution in [3.63, 3.8) is 0 Å². The topological polar surface area (TPSA) is 52.3 Å². The summed E-state index contributed by atoms with van der Waals surface area (Å²) in [7, 11) is 0. The molecule has 0 amide bonds.